The topological polar surface area (TPSA) is 75.3 Å². The van der Waals surface area contributed by atoms with Gasteiger partial charge in [0.2, 0.25) is 15.9 Å². The Kier molecular flexibility index (Phi) is 5.36. The normalized spacial score (nSPS) is 12.7. The van der Waals surface area contributed by atoms with Crippen LogP contribution in [-0.2, 0) is 14.8 Å². The molecule has 0 aliphatic heterocycles. The largest absolute Gasteiger partial charge is 0.324 e. The molecule has 128 valence electrons. The van der Waals surface area contributed by atoms with Crippen molar-refractivity contribution in [1.82, 2.24) is 4.72 Å². The smallest absolute Gasteiger partial charge is 0.242 e. The molecule has 1 atom stereocenters. The number of amides is 1. The highest BCUT2D eigenvalue weighted by molar-refractivity contribution is 7.89. The van der Waals surface area contributed by atoms with E-state index in [1.54, 1.807) is 0 Å². The Hall–Kier alpha value is -2.25. The average molecular weight is 350 g/mol. The van der Waals surface area contributed by atoms with Crippen molar-refractivity contribution in [3.8, 4) is 0 Å². The maximum atomic E-state index is 12.9. The lowest BCUT2D eigenvalue weighted by Gasteiger charge is -2.16. The van der Waals surface area contributed by atoms with Crippen molar-refractivity contribution in [2.75, 3.05) is 5.32 Å². The van der Waals surface area contributed by atoms with E-state index in [0.717, 1.165) is 35.4 Å². The maximum Gasteiger partial charge on any atom is 0.242 e. The molecule has 5 nitrogen and oxygen atoms in total. The standard InChI is InChI=1S/C17H19FN2O3S/c1-11-4-5-12(2)16(10-11)19-17(21)13(3)20-24(22,23)15-8-6-14(18)7-9-15/h4-10,13,20H,1-3H3,(H,19,21)/t13-/m1/s1. The Morgan fingerprint density at radius 2 is 1.71 bits per heavy atom. The first kappa shape index (κ1) is 18.1. The van der Waals surface area contributed by atoms with Gasteiger partial charge in [0.05, 0.1) is 10.9 Å². The molecule has 7 heteroatoms. The number of hydrogen-bond acceptors (Lipinski definition) is 3. The van der Waals surface area contributed by atoms with E-state index in [4.69, 9.17) is 0 Å². The van der Waals surface area contributed by atoms with Gasteiger partial charge >= 0.3 is 0 Å². The number of halogens is 1. The molecule has 0 radical (unpaired) electrons. The Morgan fingerprint density at radius 3 is 2.33 bits per heavy atom. The van der Waals surface area contributed by atoms with Crippen molar-refractivity contribution in [3.05, 3.63) is 59.4 Å². The molecule has 2 aromatic carbocycles. The van der Waals surface area contributed by atoms with E-state index in [0.29, 0.717) is 5.69 Å². The van der Waals surface area contributed by atoms with Crippen LogP contribution in [0.4, 0.5) is 10.1 Å². The van der Waals surface area contributed by atoms with Gasteiger partial charge in [-0.2, -0.15) is 4.72 Å². The molecule has 0 saturated heterocycles. The lowest BCUT2D eigenvalue weighted by atomic mass is 10.1. The third kappa shape index (κ3) is 4.39. The van der Waals surface area contributed by atoms with Crippen LogP contribution in [0.25, 0.3) is 0 Å². The SMILES string of the molecule is Cc1ccc(C)c(NC(=O)[C@@H](C)NS(=O)(=O)c2ccc(F)cc2)c1. The monoisotopic (exact) mass is 350 g/mol. The summed E-state index contributed by atoms with van der Waals surface area (Å²) < 4.78 is 39.6. The number of nitrogens with one attached hydrogen (secondary N) is 2. The van der Waals surface area contributed by atoms with Crippen molar-refractivity contribution in [1.29, 1.82) is 0 Å². The predicted molar refractivity (Wildman–Crippen MR) is 90.7 cm³/mol. The number of benzene rings is 2. The lowest BCUT2D eigenvalue weighted by molar-refractivity contribution is -0.117. The molecule has 0 heterocycles. The molecule has 0 aliphatic carbocycles. The third-order valence-corrected chi connectivity index (χ3v) is 5.06. The summed E-state index contributed by atoms with van der Waals surface area (Å²) >= 11 is 0. The van der Waals surface area contributed by atoms with Crippen LogP contribution in [0, 0.1) is 19.7 Å². The van der Waals surface area contributed by atoms with E-state index in [2.05, 4.69) is 10.0 Å². The van der Waals surface area contributed by atoms with Crippen molar-refractivity contribution < 1.29 is 17.6 Å². The molecule has 0 saturated carbocycles. The Bertz CT molecular complexity index is 849. The van der Waals surface area contributed by atoms with E-state index >= 15 is 0 Å². The molecule has 0 spiro atoms. The molecule has 24 heavy (non-hydrogen) atoms. The minimum absolute atomic E-state index is 0.102. The second-order valence-corrected chi connectivity index (χ2v) is 7.32. The van der Waals surface area contributed by atoms with Gasteiger partial charge in [0, 0.05) is 5.69 Å². The summed E-state index contributed by atoms with van der Waals surface area (Å²) in [6.07, 6.45) is 0. The van der Waals surface area contributed by atoms with E-state index < -0.39 is 27.8 Å². The van der Waals surface area contributed by atoms with Crippen LogP contribution in [-0.4, -0.2) is 20.4 Å². The van der Waals surface area contributed by atoms with Gasteiger partial charge in [-0.3, -0.25) is 4.79 Å². The van der Waals surface area contributed by atoms with Gasteiger partial charge in [-0.25, -0.2) is 12.8 Å². The second kappa shape index (κ2) is 7.11. The van der Waals surface area contributed by atoms with Gasteiger partial charge in [-0.1, -0.05) is 12.1 Å². The summed E-state index contributed by atoms with van der Waals surface area (Å²) in [5.41, 5.74) is 2.49. The summed E-state index contributed by atoms with van der Waals surface area (Å²) in [5.74, 6) is -1.01. The Labute approximate surface area is 141 Å². The Morgan fingerprint density at radius 1 is 1.08 bits per heavy atom. The molecule has 2 N–H and O–H groups in total. The van der Waals surface area contributed by atoms with Gasteiger partial charge in [0.15, 0.2) is 0 Å². The second-order valence-electron chi connectivity index (χ2n) is 5.60. The van der Waals surface area contributed by atoms with Crippen LogP contribution >= 0.6 is 0 Å². The van der Waals surface area contributed by atoms with Crippen molar-refractivity contribution in [2.45, 2.75) is 31.7 Å². The van der Waals surface area contributed by atoms with Gasteiger partial charge in [-0.05, 0) is 62.2 Å². The van der Waals surface area contributed by atoms with Crippen molar-refractivity contribution >= 4 is 21.6 Å². The van der Waals surface area contributed by atoms with Crippen LogP contribution in [0.5, 0.6) is 0 Å². The molecule has 1 amide bonds. The maximum absolute atomic E-state index is 12.9. The fourth-order valence-corrected chi connectivity index (χ4v) is 3.28. The molecule has 0 aromatic heterocycles. The highest BCUT2D eigenvalue weighted by Gasteiger charge is 2.22. The number of anilines is 1. The zero-order valence-electron chi connectivity index (χ0n) is 13.6. The molecule has 0 bridgehead atoms. The van der Waals surface area contributed by atoms with Gasteiger partial charge in [0.1, 0.15) is 5.82 Å². The van der Waals surface area contributed by atoms with Crippen LogP contribution in [0.15, 0.2) is 47.4 Å². The number of aryl methyl sites for hydroxylation is 2. The fourth-order valence-electron chi connectivity index (χ4n) is 2.08. The number of rotatable bonds is 5. The zero-order valence-corrected chi connectivity index (χ0v) is 14.4. The zero-order chi connectivity index (χ0) is 17.9. The van der Waals surface area contributed by atoms with Gasteiger partial charge < -0.3 is 5.32 Å². The number of carbonyl (C=O) groups excluding carboxylic acids is 1. The first-order chi connectivity index (χ1) is 11.2. The minimum Gasteiger partial charge on any atom is -0.324 e. The first-order valence-corrected chi connectivity index (χ1v) is 8.83. The molecule has 0 fully saturated rings. The minimum atomic E-state index is -3.91. The fraction of sp³-hybridized carbons (Fsp3) is 0.235. The quantitative estimate of drug-likeness (QED) is 0.871. The van der Waals surface area contributed by atoms with Crippen molar-refractivity contribution in [2.24, 2.45) is 0 Å². The van der Waals surface area contributed by atoms with Gasteiger partial charge in [0.25, 0.3) is 0 Å². The highest BCUT2D eigenvalue weighted by atomic mass is 32.2. The number of carbonyl (C=O) groups is 1. The van der Waals surface area contributed by atoms with Gasteiger partial charge in [-0.15, -0.1) is 0 Å². The number of sulfonamides is 1. The first-order valence-electron chi connectivity index (χ1n) is 7.35. The summed E-state index contributed by atoms with van der Waals surface area (Å²) in [4.78, 5) is 12.1. The van der Waals surface area contributed by atoms with Crippen LogP contribution in [0.2, 0.25) is 0 Å². The van der Waals surface area contributed by atoms with E-state index in [1.165, 1.54) is 6.92 Å². The molecular weight excluding hydrogens is 331 g/mol. The van der Waals surface area contributed by atoms with Crippen LogP contribution in [0.3, 0.4) is 0 Å². The molecular formula is C17H19FN2O3S. The van der Waals surface area contributed by atoms with E-state index in [1.807, 2.05) is 32.0 Å². The highest BCUT2D eigenvalue weighted by Crippen LogP contribution is 2.17. The summed E-state index contributed by atoms with van der Waals surface area (Å²) in [7, 11) is -3.91. The molecule has 0 unspecified atom stereocenters. The molecule has 2 aromatic rings. The Balaban J connectivity index is 2.10. The predicted octanol–water partition coefficient (Wildman–Crippen LogP) is 2.75. The third-order valence-electron chi connectivity index (χ3n) is 3.50. The number of hydrogen-bond donors (Lipinski definition) is 2. The van der Waals surface area contributed by atoms with E-state index in [-0.39, 0.29) is 4.90 Å². The molecule has 2 rings (SSSR count). The van der Waals surface area contributed by atoms with Crippen molar-refractivity contribution in [3.63, 3.8) is 0 Å². The summed E-state index contributed by atoms with van der Waals surface area (Å²) in [6.45, 7) is 5.19. The van der Waals surface area contributed by atoms with Crippen LogP contribution in [0.1, 0.15) is 18.1 Å². The summed E-state index contributed by atoms with van der Waals surface area (Å²) in [5, 5.41) is 2.71. The van der Waals surface area contributed by atoms with Crippen LogP contribution < -0.4 is 10.0 Å². The molecule has 0 aliphatic rings. The van der Waals surface area contributed by atoms with E-state index in [9.17, 15) is 17.6 Å². The lowest BCUT2D eigenvalue weighted by Crippen LogP contribution is -2.41. The average Bonchev–Trinajstić information content (AvgIpc) is 2.51. The summed E-state index contributed by atoms with van der Waals surface area (Å²) in [6, 6.07) is 9.02.